The number of nitro groups is 1. The lowest BCUT2D eigenvalue weighted by atomic mass is 9.92. The SMILES string of the molecule is CCCN1CC[C@@H](c2ccc([N+](=O)[O-])cc2)[C@H]1C. The average Bonchev–Trinajstić information content (AvgIpc) is 2.72. The third kappa shape index (κ3) is 2.53. The Labute approximate surface area is 108 Å². The van der Waals surface area contributed by atoms with Crippen LogP contribution in [0.4, 0.5) is 5.69 Å². The van der Waals surface area contributed by atoms with Gasteiger partial charge in [0.2, 0.25) is 0 Å². The van der Waals surface area contributed by atoms with Gasteiger partial charge in [0.1, 0.15) is 0 Å². The molecule has 0 saturated carbocycles. The van der Waals surface area contributed by atoms with Gasteiger partial charge >= 0.3 is 0 Å². The number of nitrogens with zero attached hydrogens (tertiary/aromatic N) is 2. The van der Waals surface area contributed by atoms with Crippen LogP contribution < -0.4 is 0 Å². The van der Waals surface area contributed by atoms with E-state index in [0.717, 1.165) is 19.5 Å². The first kappa shape index (κ1) is 13.0. The van der Waals surface area contributed by atoms with E-state index >= 15 is 0 Å². The smallest absolute Gasteiger partial charge is 0.269 e. The molecule has 0 bridgehead atoms. The van der Waals surface area contributed by atoms with E-state index in [9.17, 15) is 10.1 Å². The summed E-state index contributed by atoms with van der Waals surface area (Å²) in [6.45, 7) is 6.74. The van der Waals surface area contributed by atoms with Crippen LogP contribution in [0.2, 0.25) is 0 Å². The fourth-order valence-corrected chi connectivity index (χ4v) is 2.90. The summed E-state index contributed by atoms with van der Waals surface area (Å²) in [4.78, 5) is 12.8. The zero-order valence-corrected chi connectivity index (χ0v) is 11.0. The molecule has 1 heterocycles. The summed E-state index contributed by atoms with van der Waals surface area (Å²) in [6.07, 6.45) is 2.33. The van der Waals surface area contributed by atoms with E-state index in [1.807, 2.05) is 12.1 Å². The molecule has 1 aliphatic heterocycles. The highest BCUT2D eigenvalue weighted by Gasteiger charge is 2.31. The van der Waals surface area contributed by atoms with Gasteiger partial charge in [0.15, 0.2) is 0 Å². The Hall–Kier alpha value is -1.42. The predicted octanol–water partition coefficient (Wildman–Crippen LogP) is 3.18. The van der Waals surface area contributed by atoms with Gasteiger partial charge in [-0.25, -0.2) is 0 Å². The van der Waals surface area contributed by atoms with Crippen LogP contribution in [-0.2, 0) is 0 Å². The standard InChI is InChI=1S/C14H20N2O2/c1-3-9-15-10-8-14(11(15)2)12-4-6-13(7-5-12)16(17)18/h4-7,11,14H,3,8-10H2,1-2H3/t11-,14-/m1/s1. The third-order valence-corrected chi connectivity index (χ3v) is 3.93. The molecule has 0 amide bonds. The first-order valence-corrected chi connectivity index (χ1v) is 6.62. The quantitative estimate of drug-likeness (QED) is 0.607. The van der Waals surface area contributed by atoms with Crippen molar-refractivity contribution >= 4 is 5.69 Å². The maximum Gasteiger partial charge on any atom is 0.269 e. The van der Waals surface area contributed by atoms with Crippen molar-refractivity contribution < 1.29 is 4.92 Å². The monoisotopic (exact) mass is 248 g/mol. The van der Waals surface area contributed by atoms with Gasteiger partial charge in [0.25, 0.3) is 5.69 Å². The summed E-state index contributed by atoms with van der Waals surface area (Å²) in [5.74, 6) is 0.511. The highest BCUT2D eigenvalue weighted by Crippen LogP contribution is 2.33. The van der Waals surface area contributed by atoms with Crippen LogP contribution in [-0.4, -0.2) is 29.0 Å². The lowest BCUT2D eigenvalue weighted by Crippen LogP contribution is -2.30. The van der Waals surface area contributed by atoms with E-state index in [1.165, 1.54) is 12.0 Å². The van der Waals surface area contributed by atoms with Crippen LogP contribution in [0.5, 0.6) is 0 Å². The van der Waals surface area contributed by atoms with Crippen molar-refractivity contribution in [2.75, 3.05) is 13.1 Å². The summed E-state index contributed by atoms with van der Waals surface area (Å²) in [5.41, 5.74) is 1.40. The Morgan fingerprint density at radius 2 is 2.06 bits per heavy atom. The van der Waals surface area contributed by atoms with E-state index in [4.69, 9.17) is 0 Å². The molecule has 4 nitrogen and oxygen atoms in total. The molecule has 1 fully saturated rings. The molecule has 1 aromatic rings. The highest BCUT2D eigenvalue weighted by atomic mass is 16.6. The Bertz CT molecular complexity index is 416. The zero-order chi connectivity index (χ0) is 13.1. The minimum absolute atomic E-state index is 0.176. The van der Waals surface area contributed by atoms with Crippen LogP contribution in [0.15, 0.2) is 24.3 Å². The Balaban J connectivity index is 2.10. The van der Waals surface area contributed by atoms with E-state index in [2.05, 4.69) is 18.7 Å². The number of hydrogen-bond acceptors (Lipinski definition) is 3. The Kier molecular flexibility index (Phi) is 3.97. The molecule has 0 aromatic heterocycles. The van der Waals surface area contributed by atoms with E-state index in [1.54, 1.807) is 12.1 Å². The first-order chi connectivity index (χ1) is 8.63. The summed E-state index contributed by atoms with van der Waals surface area (Å²) < 4.78 is 0. The molecule has 4 heteroatoms. The van der Waals surface area contributed by atoms with Crippen LogP contribution in [0.25, 0.3) is 0 Å². The van der Waals surface area contributed by atoms with Gasteiger partial charge in [0, 0.05) is 24.1 Å². The maximum atomic E-state index is 10.6. The van der Waals surface area contributed by atoms with Gasteiger partial charge in [-0.1, -0.05) is 19.1 Å². The van der Waals surface area contributed by atoms with Gasteiger partial charge in [-0.2, -0.15) is 0 Å². The van der Waals surface area contributed by atoms with Crippen molar-refractivity contribution in [1.82, 2.24) is 4.90 Å². The molecule has 1 saturated heterocycles. The summed E-state index contributed by atoms with van der Waals surface area (Å²) in [5, 5.41) is 10.6. The van der Waals surface area contributed by atoms with Crippen molar-refractivity contribution in [3.8, 4) is 0 Å². The number of benzene rings is 1. The molecule has 0 aliphatic carbocycles. The fraction of sp³-hybridized carbons (Fsp3) is 0.571. The Morgan fingerprint density at radius 3 is 2.61 bits per heavy atom. The minimum atomic E-state index is -0.342. The van der Waals surface area contributed by atoms with Crippen molar-refractivity contribution in [2.24, 2.45) is 0 Å². The average molecular weight is 248 g/mol. The van der Waals surface area contributed by atoms with Crippen molar-refractivity contribution in [3.05, 3.63) is 39.9 Å². The molecule has 0 unspecified atom stereocenters. The first-order valence-electron chi connectivity index (χ1n) is 6.62. The van der Waals surface area contributed by atoms with Crippen LogP contribution in [0.3, 0.4) is 0 Å². The van der Waals surface area contributed by atoms with Gasteiger partial charge in [0.05, 0.1) is 4.92 Å². The van der Waals surface area contributed by atoms with E-state index < -0.39 is 0 Å². The van der Waals surface area contributed by atoms with Gasteiger partial charge in [-0.3, -0.25) is 10.1 Å². The molecule has 0 N–H and O–H groups in total. The maximum absolute atomic E-state index is 10.6. The van der Waals surface area contributed by atoms with Gasteiger partial charge in [-0.05, 0) is 38.4 Å². The lowest BCUT2D eigenvalue weighted by molar-refractivity contribution is -0.384. The second-order valence-corrected chi connectivity index (χ2v) is 5.02. The second-order valence-electron chi connectivity index (χ2n) is 5.02. The van der Waals surface area contributed by atoms with E-state index in [-0.39, 0.29) is 10.6 Å². The van der Waals surface area contributed by atoms with Gasteiger partial charge < -0.3 is 4.90 Å². The predicted molar refractivity (Wildman–Crippen MR) is 71.8 cm³/mol. The number of non-ortho nitro benzene ring substituents is 1. The van der Waals surface area contributed by atoms with Crippen molar-refractivity contribution in [1.29, 1.82) is 0 Å². The Morgan fingerprint density at radius 1 is 1.39 bits per heavy atom. The number of hydrogen-bond donors (Lipinski definition) is 0. The van der Waals surface area contributed by atoms with Crippen molar-refractivity contribution in [3.63, 3.8) is 0 Å². The minimum Gasteiger partial charge on any atom is -0.300 e. The highest BCUT2D eigenvalue weighted by molar-refractivity contribution is 5.35. The van der Waals surface area contributed by atoms with Crippen molar-refractivity contribution in [2.45, 2.75) is 38.6 Å². The van der Waals surface area contributed by atoms with E-state index in [0.29, 0.717) is 12.0 Å². The number of nitro benzene ring substituents is 1. The third-order valence-electron chi connectivity index (χ3n) is 3.93. The fourth-order valence-electron chi connectivity index (χ4n) is 2.90. The molecular weight excluding hydrogens is 228 g/mol. The van der Waals surface area contributed by atoms with Gasteiger partial charge in [-0.15, -0.1) is 0 Å². The van der Waals surface area contributed by atoms with Crippen LogP contribution in [0.1, 0.15) is 38.2 Å². The molecule has 0 radical (unpaired) electrons. The van der Waals surface area contributed by atoms with Crippen LogP contribution in [0, 0.1) is 10.1 Å². The summed E-state index contributed by atoms with van der Waals surface area (Å²) >= 11 is 0. The largest absolute Gasteiger partial charge is 0.300 e. The molecule has 98 valence electrons. The summed E-state index contributed by atoms with van der Waals surface area (Å²) in [6, 6.07) is 7.59. The lowest BCUT2D eigenvalue weighted by Gasteiger charge is -2.24. The molecule has 2 atom stereocenters. The molecule has 0 spiro atoms. The number of likely N-dealkylation sites (tertiary alicyclic amines) is 1. The zero-order valence-electron chi connectivity index (χ0n) is 11.0. The van der Waals surface area contributed by atoms with Crippen LogP contribution >= 0.6 is 0 Å². The molecule has 1 aliphatic rings. The second kappa shape index (κ2) is 5.48. The summed E-state index contributed by atoms with van der Waals surface area (Å²) in [7, 11) is 0. The normalized spacial score (nSPS) is 24.3. The molecular formula is C14H20N2O2. The topological polar surface area (TPSA) is 46.4 Å². The molecule has 1 aromatic carbocycles. The molecule has 2 rings (SSSR count). The number of rotatable bonds is 4. The molecule has 18 heavy (non-hydrogen) atoms.